The van der Waals surface area contributed by atoms with Crippen molar-refractivity contribution in [2.45, 2.75) is 12.5 Å². The molecule has 0 radical (unpaired) electrons. The summed E-state index contributed by atoms with van der Waals surface area (Å²) in [6.07, 6.45) is 0.715. The molecule has 2 heterocycles. The summed E-state index contributed by atoms with van der Waals surface area (Å²) in [6, 6.07) is 21.6. The lowest BCUT2D eigenvalue weighted by molar-refractivity contribution is 0.295. The van der Waals surface area contributed by atoms with Crippen molar-refractivity contribution in [2.75, 3.05) is 19.8 Å². The Morgan fingerprint density at radius 3 is 2.40 bits per heavy atom. The van der Waals surface area contributed by atoms with Crippen LogP contribution < -0.4 is 5.56 Å². The Kier molecular flexibility index (Phi) is 7.00. The van der Waals surface area contributed by atoms with E-state index in [2.05, 4.69) is 53.3 Å². The molecule has 3 aromatic carbocycles. The summed E-state index contributed by atoms with van der Waals surface area (Å²) >= 11 is 6.01. The number of nitrogens with one attached hydrogen (secondary N) is 1. The summed E-state index contributed by atoms with van der Waals surface area (Å²) in [4.78, 5) is 17.8. The molecule has 1 aliphatic rings. The number of aromatic amines is 1. The number of H-pyrrole nitrogens is 1. The molecule has 9 heteroatoms. The van der Waals surface area contributed by atoms with Gasteiger partial charge in [-0.1, -0.05) is 60.1 Å². The Hall–Kier alpha value is -3.17. The molecule has 1 unspecified atom stereocenters. The Morgan fingerprint density at radius 2 is 1.71 bits per heavy atom. The molecule has 0 amide bonds. The van der Waals surface area contributed by atoms with Crippen LogP contribution in [0.4, 0.5) is 0 Å². The van der Waals surface area contributed by atoms with Gasteiger partial charge in [-0.15, -0.1) is 0 Å². The van der Waals surface area contributed by atoms with Crippen LogP contribution in [0.5, 0.6) is 5.75 Å². The monoisotopic (exact) mass is 512 g/mol. The zero-order valence-corrected chi connectivity index (χ0v) is 20.8. The number of nitrogens with zero attached hydrogens (tertiary/aromatic N) is 1. The molecule has 1 aromatic heterocycles. The van der Waals surface area contributed by atoms with Crippen molar-refractivity contribution in [2.24, 2.45) is 0 Å². The first-order valence-electron chi connectivity index (χ1n) is 10.8. The van der Waals surface area contributed by atoms with Crippen LogP contribution in [-0.2, 0) is 16.7 Å². The summed E-state index contributed by atoms with van der Waals surface area (Å²) in [5, 5.41) is 11.9. The number of aromatic nitrogens is 1. The van der Waals surface area contributed by atoms with E-state index < -0.39 is 10.1 Å². The summed E-state index contributed by atoms with van der Waals surface area (Å²) in [6.45, 7) is 1.90. The molecular weight excluding hydrogens is 488 g/mol. The second-order valence-electron chi connectivity index (χ2n) is 8.67. The van der Waals surface area contributed by atoms with Crippen LogP contribution >= 0.6 is 11.6 Å². The number of hydrogen-bond acceptors (Lipinski definition) is 5. The topological polar surface area (TPSA) is 111 Å². The van der Waals surface area contributed by atoms with Crippen LogP contribution in [0.1, 0.15) is 22.6 Å². The molecule has 0 saturated heterocycles. The molecule has 1 aliphatic heterocycles. The van der Waals surface area contributed by atoms with Gasteiger partial charge in [0.25, 0.3) is 15.7 Å². The maximum absolute atomic E-state index is 12.7. The average molecular weight is 513 g/mol. The molecule has 35 heavy (non-hydrogen) atoms. The van der Waals surface area contributed by atoms with E-state index in [0.29, 0.717) is 27.7 Å². The number of rotatable bonds is 2. The highest BCUT2D eigenvalue weighted by Gasteiger charge is 2.24. The second kappa shape index (κ2) is 9.83. The molecule has 3 N–H and O–H groups in total. The van der Waals surface area contributed by atoms with Gasteiger partial charge in [0.1, 0.15) is 5.75 Å². The highest BCUT2D eigenvalue weighted by molar-refractivity contribution is 7.85. The molecule has 4 aromatic rings. The Balaban J connectivity index is 0.000000527. The molecule has 7 nitrogen and oxygen atoms in total. The number of halogens is 1. The number of hydrogen-bond donors (Lipinski definition) is 3. The fourth-order valence-corrected chi connectivity index (χ4v) is 4.64. The quantitative estimate of drug-likeness (QED) is 0.337. The highest BCUT2D eigenvalue weighted by atomic mass is 35.5. The number of fused-ring (bicyclic) bond motifs is 2. The summed E-state index contributed by atoms with van der Waals surface area (Å²) in [7, 11) is -1.53. The smallest absolute Gasteiger partial charge is 0.261 e. The number of pyridine rings is 1. The highest BCUT2D eigenvalue weighted by Crippen LogP contribution is 2.36. The minimum Gasteiger partial charge on any atom is -0.506 e. The maximum atomic E-state index is 12.7. The standard InChI is InChI=1S/C25H21ClN2O2.CH4O3S/c1-28-13-17-4-2-3-5-19(17)21(14-28)15-6-8-16(9-7-15)23-24(29)20-11-10-18(26)12-22(20)27-25(23)30;1-5(2,3)4/h2-12,21H,13-14H2,1H3,(H2,27,29,30);1H3,(H,2,3,4). The summed E-state index contributed by atoms with van der Waals surface area (Å²) < 4.78 is 25.9. The van der Waals surface area contributed by atoms with Crippen LogP contribution in [0, 0.1) is 0 Å². The molecule has 0 bridgehead atoms. The average Bonchev–Trinajstić information content (AvgIpc) is 2.77. The van der Waals surface area contributed by atoms with Crippen molar-refractivity contribution in [3.63, 3.8) is 0 Å². The van der Waals surface area contributed by atoms with Gasteiger partial charge >= 0.3 is 0 Å². The van der Waals surface area contributed by atoms with E-state index >= 15 is 0 Å². The van der Waals surface area contributed by atoms with E-state index in [1.807, 2.05) is 12.1 Å². The van der Waals surface area contributed by atoms with E-state index in [1.165, 1.54) is 16.7 Å². The number of aromatic hydroxyl groups is 1. The molecule has 182 valence electrons. The van der Waals surface area contributed by atoms with Crippen LogP contribution in [-0.4, -0.2) is 47.8 Å². The van der Waals surface area contributed by atoms with Gasteiger partial charge in [-0.25, -0.2) is 0 Å². The van der Waals surface area contributed by atoms with Crippen molar-refractivity contribution in [1.82, 2.24) is 9.88 Å². The number of benzene rings is 3. The van der Waals surface area contributed by atoms with Gasteiger partial charge in [0.05, 0.1) is 17.3 Å². The summed E-state index contributed by atoms with van der Waals surface area (Å²) in [5.41, 5.74) is 5.05. The van der Waals surface area contributed by atoms with Crippen LogP contribution in [0.15, 0.2) is 71.5 Å². The largest absolute Gasteiger partial charge is 0.506 e. The third-order valence-electron chi connectivity index (χ3n) is 5.92. The predicted octanol–water partition coefficient (Wildman–Crippen LogP) is 4.64. The van der Waals surface area contributed by atoms with Gasteiger partial charge in [0.15, 0.2) is 0 Å². The molecule has 0 saturated carbocycles. The first kappa shape index (κ1) is 24.9. The van der Waals surface area contributed by atoms with Crippen LogP contribution in [0.25, 0.3) is 22.0 Å². The lowest BCUT2D eigenvalue weighted by Gasteiger charge is -2.32. The third-order valence-corrected chi connectivity index (χ3v) is 6.15. The van der Waals surface area contributed by atoms with Crippen molar-refractivity contribution in [1.29, 1.82) is 0 Å². The SMILES string of the molecule is CN1Cc2ccccc2C(c2ccc(-c3c(O)c4ccc(Cl)cc4[nH]c3=O)cc2)C1.CS(=O)(=O)O. The molecular formula is C26H25ClN2O5S. The van der Waals surface area contributed by atoms with E-state index in [9.17, 15) is 18.3 Å². The Bertz CT molecular complexity index is 1540. The van der Waals surface area contributed by atoms with Gasteiger partial charge in [-0.05, 0) is 47.5 Å². The van der Waals surface area contributed by atoms with E-state index in [4.69, 9.17) is 16.2 Å². The minimum atomic E-state index is -3.67. The fourth-order valence-electron chi connectivity index (χ4n) is 4.47. The molecule has 0 fully saturated rings. The molecule has 5 rings (SSSR count). The van der Waals surface area contributed by atoms with Gasteiger partial charge < -0.3 is 15.0 Å². The minimum absolute atomic E-state index is 0.0269. The zero-order valence-electron chi connectivity index (χ0n) is 19.2. The molecule has 1 atom stereocenters. The van der Waals surface area contributed by atoms with Gasteiger partial charge in [0.2, 0.25) is 0 Å². The predicted molar refractivity (Wildman–Crippen MR) is 139 cm³/mol. The number of likely N-dealkylation sites (N-methyl/N-ethyl adjacent to an activating group) is 1. The van der Waals surface area contributed by atoms with Crippen LogP contribution in [0.2, 0.25) is 5.02 Å². The first-order valence-corrected chi connectivity index (χ1v) is 13.1. The Labute approximate surface area is 208 Å². The first-order chi connectivity index (χ1) is 16.5. The van der Waals surface area contributed by atoms with Crippen molar-refractivity contribution >= 4 is 32.6 Å². The maximum Gasteiger partial charge on any atom is 0.261 e. The van der Waals surface area contributed by atoms with Gasteiger partial charge in [-0.2, -0.15) is 8.42 Å². The lowest BCUT2D eigenvalue weighted by Crippen LogP contribution is -2.30. The second-order valence-corrected chi connectivity index (χ2v) is 10.6. The fraction of sp³-hybridized carbons (Fsp3) is 0.192. The van der Waals surface area contributed by atoms with Crippen molar-refractivity contribution in [3.8, 4) is 16.9 Å². The summed E-state index contributed by atoms with van der Waals surface area (Å²) in [5.74, 6) is 0.250. The van der Waals surface area contributed by atoms with E-state index in [0.717, 1.165) is 13.1 Å². The zero-order chi connectivity index (χ0) is 25.3. The van der Waals surface area contributed by atoms with E-state index in [1.54, 1.807) is 18.2 Å². The van der Waals surface area contributed by atoms with Crippen LogP contribution in [0.3, 0.4) is 0 Å². The normalized spacial score (nSPS) is 15.8. The van der Waals surface area contributed by atoms with Crippen molar-refractivity contribution < 1.29 is 18.1 Å². The molecule has 0 aliphatic carbocycles. The van der Waals surface area contributed by atoms with E-state index in [-0.39, 0.29) is 22.8 Å². The molecule has 0 spiro atoms. The third kappa shape index (κ3) is 5.74. The van der Waals surface area contributed by atoms with Gasteiger partial charge in [0, 0.05) is 29.4 Å². The lowest BCUT2D eigenvalue weighted by atomic mass is 9.84. The van der Waals surface area contributed by atoms with Gasteiger partial charge in [-0.3, -0.25) is 9.35 Å². The van der Waals surface area contributed by atoms with Crippen molar-refractivity contribution in [3.05, 3.63) is 98.8 Å². The Morgan fingerprint density at radius 1 is 1.06 bits per heavy atom.